The van der Waals surface area contributed by atoms with E-state index in [9.17, 15) is 0 Å². The zero-order valence-electron chi connectivity index (χ0n) is 13.5. The highest BCUT2D eigenvalue weighted by Gasteiger charge is 2.14. The Labute approximate surface area is 143 Å². The Morgan fingerprint density at radius 1 is 1.14 bits per heavy atom. The maximum absolute atomic E-state index is 5.90. The largest absolute Gasteiger partial charge is 0.389 e. The number of hydrogen-bond acceptors (Lipinski definition) is 2. The van der Waals surface area contributed by atoms with Crippen molar-refractivity contribution in [1.29, 1.82) is 0 Å². The lowest BCUT2D eigenvalue weighted by Gasteiger charge is -2.28. The van der Waals surface area contributed by atoms with Gasteiger partial charge in [-0.15, -0.1) is 0 Å². The fourth-order valence-corrected chi connectivity index (χ4v) is 2.68. The van der Waals surface area contributed by atoms with E-state index in [2.05, 4.69) is 54.6 Å². The lowest BCUT2D eigenvalue weighted by Crippen LogP contribution is -2.30. The molecule has 0 heterocycles. The van der Waals surface area contributed by atoms with Crippen LogP contribution in [0.2, 0.25) is 0 Å². The second kappa shape index (κ2) is 8.74. The average molecular weight is 371 g/mol. The van der Waals surface area contributed by atoms with E-state index in [0.717, 1.165) is 28.8 Å². The quantitative estimate of drug-likeness (QED) is 0.654. The molecule has 1 aromatic carbocycles. The number of nitrogens with two attached hydrogens (primary N) is 1. The average Bonchev–Trinajstić information content (AvgIpc) is 2.37. The summed E-state index contributed by atoms with van der Waals surface area (Å²) in [7, 11) is 0. The lowest BCUT2D eigenvalue weighted by molar-refractivity contribution is 0.535. The van der Waals surface area contributed by atoms with Crippen molar-refractivity contribution in [2.75, 3.05) is 18.0 Å². The highest BCUT2D eigenvalue weighted by Crippen LogP contribution is 2.26. The van der Waals surface area contributed by atoms with Crippen LogP contribution in [0.5, 0.6) is 0 Å². The summed E-state index contributed by atoms with van der Waals surface area (Å²) in [6, 6.07) is 6.15. The highest BCUT2D eigenvalue weighted by molar-refractivity contribution is 9.10. The van der Waals surface area contributed by atoms with Gasteiger partial charge in [0.25, 0.3) is 0 Å². The third-order valence-electron chi connectivity index (χ3n) is 3.52. The van der Waals surface area contributed by atoms with E-state index in [1.807, 2.05) is 12.1 Å². The van der Waals surface area contributed by atoms with E-state index in [4.69, 9.17) is 18.0 Å². The van der Waals surface area contributed by atoms with Gasteiger partial charge >= 0.3 is 0 Å². The van der Waals surface area contributed by atoms with Crippen molar-refractivity contribution >= 4 is 38.8 Å². The van der Waals surface area contributed by atoms with Crippen LogP contribution < -0.4 is 10.6 Å². The molecule has 0 radical (unpaired) electrons. The van der Waals surface area contributed by atoms with Crippen LogP contribution in [0.4, 0.5) is 5.69 Å². The standard InChI is InChI=1S/C17H27BrN2S/c1-12(2)7-9-20(10-8-13(3)4)16-11-14(18)5-6-15(16)17(19)21/h5-6,11-13H,7-10H2,1-4H3,(H2,19,21). The molecule has 0 fully saturated rings. The van der Waals surface area contributed by atoms with Gasteiger partial charge in [0.05, 0.1) is 0 Å². The number of hydrogen-bond donors (Lipinski definition) is 1. The molecule has 0 unspecified atom stereocenters. The summed E-state index contributed by atoms with van der Waals surface area (Å²) in [5.74, 6) is 1.37. The van der Waals surface area contributed by atoms with Gasteiger partial charge in [-0.25, -0.2) is 0 Å². The molecule has 0 aliphatic carbocycles. The van der Waals surface area contributed by atoms with Crippen LogP contribution in [0.3, 0.4) is 0 Å². The van der Waals surface area contributed by atoms with Crippen molar-refractivity contribution < 1.29 is 0 Å². The number of halogens is 1. The summed E-state index contributed by atoms with van der Waals surface area (Å²) >= 11 is 8.78. The molecule has 2 nitrogen and oxygen atoms in total. The third kappa shape index (κ3) is 6.35. The summed E-state index contributed by atoms with van der Waals surface area (Å²) < 4.78 is 1.07. The van der Waals surface area contributed by atoms with Crippen LogP contribution in [0, 0.1) is 11.8 Å². The molecule has 118 valence electrons. The second-order valence-corrected chi connectivity index (χ2v) is 7.73. The van der Waals surface area contributed by atoms with Crippen LogP contribution in [-0.4, -0.2) is 18.1 Å². The van der Waals surface area contributed by atoms with Crippen molar-refractivity contribution in [1.82, 2.24) is 0 Å². The van der Waals surface area contributed by atoms with Crippen molar-refractivity contribution in [3.63, 3.8) is 0 Å². The summed E-state index contributed by atoms with van der Waals surface area (Å²) in [5.41, 5.74) is 8.03. The number of nitrogens with zero attached hydrogens (tertiary/aromatic N) is 1. The summed E-state index contributed by atoms with van der Waals surface area (Å²) in [6.45, 7) is 11.1. The van der Waals surface area contributed by atoms with Crippen molar-refractivity contribution in [2.24, 2.45) is 17.6 Å². The van der Waals surface area contributed by atoms with Gasteiger partial charge in [-0.05, 0) is 42.9 Å². The maximum atomic E-state index is 5.90. The first-order valence-corrected chi connectivity index (χ1v) is 8.85. The third-order valence-corrected chi connectivity index (χ3v) is 4.23. The minimum atomic E-state index is 0.469. The molecular formula is C17H27BrN2S. The van der Waals surface area contributed by atoms with Gasteiger partial charge in [0, 0.05) is 28.8 Å². The minimum Gasteiger partial charge on any atom is -0.389 e. The molecule has 0 atom stereocenters. The predicted molar refractivity (Wildman–Crippen MR) is 101 cm³/mol. The zero-order chi connectivity index (χ0) is 16.0. The number of rotatable bonds is 8. The molecule has 0 spiro atoms. The molecule has 21 heavy (non-hydrogen) atoms. The van der Waals surface area contributed by atoms with Gasteiger partial charge in [-0.3, -0.25) is 0 Å². The molecule has 0 aliphatic heterocycles. The van der Waals surface area contributed by atoms with Crippen LogP contribution in [0.15, 0.2) is 22.7 Å². The molecule has 0 saturated carbocycles. The normalized spacial score (nSPS) is 11.2. The van der Waals surface area contributed by atoms with E-state index in [0.29, 0.717) is 16.8 Å². The van der Waals surface area contributed by atoms with Crippen LogP contribution in [-0.2, 0) is 0 Å². The molecular weight excluding hydrogens is 344 g/mol. The zero-order valence-corrected chi connectivity index (χ0v) is 15.9. The first-order valence-electron chi connectivity index (χ1n) is 7.65. The summed E-state index contributed by atoms with van der Waals surface area (Å²) in [6.07, 6.45) is 2.34. The Balaban J connectivity index is 3.04. The molecule has 1 rings (SSSR count). The Morgan fingerprint density at radius 2 is 1.67 bits per heavy atom. The first kappa shape index (κ1) is 18.4. The Bertz CT molecular complexity index is 460. The minimum absolute atomic E-state index is 0.469. The molecule has 0 bridgehead atoms. The fraction of sp³-hybridized carbons (Fsp3) is 0.588. The van der Waals surface area contributed by atoms with Gasteiger partial charge in [0.15, 0.2) is 0 Å². The lowest BCUT2D eigenvalue weighted by atomic mass is 10.1. The highest BCUT2D eigenvalue weighted by atomic mass is 79.9. The van der Waals surface area contributed by atoms with E-state index < -0.39 is 0 Å². The van der Waals surface area contributed by atoms with Crippen LogP contribution in [0.25, 0.3) is 0 Å². The summed E-state index contributed by atoms with van der Waals surface area (Å²) in [5, 5.41) is 0. The molecule has 0 amide bonds. The van der Waals surface area contributed by atoms with Gasteiger partial charge in [-0.1, -0.05) is 55.8 Å². The smallest absolute Gasteiger partial charge is 0.106 e. The van der Waals surface area contributed by atoms with E-state index in [1.54, 1.807) is 0 Å². The SMILES string of the molecule is CC(C)CCN(CCC(C)C)c1cc(Br)ccc1C(N)=S. The van der Waals surface area contributed by atoms with Crippen molar-refractivity contribution in [3.8, 4) is 0 Å². The van der Waals surface area contributed by atoms with Crippen molar-refractivity contribution in [2.45, 2.75) is 40.5 Å². The second-order valence-electron chi connectivity index (χ2n) is 6.38. The molecule has 4 heteroatoms. The van der Waals surface area contributed by atoms with Crippen molar-refractivity contribution in [3.05, 3.63) is 28.2 Å². The topological polar surface area (TPSA) is 29.3 Å². The number of anilines is 1. The van der Waals surface area contributed by atoms with Crippen LogP contribution in [0.1, 0.15) is 46.1 Å². The molecule has 0 saturated heterocycles. The van der Waals surface area contributed by atoms with E-state index >= 15 is 0 Å². The maximum Gasteiger partial charge on any atom is 0.106 e. The number of benzene rings is 1. The molecule has 2 N–H and O–H groups in total. The monoisotopic (exact) mass is 370 g/mol. The van der Waals surface area contributed by atoms with Crippen LogP contribution >= 0.6 is 28.1 Å². The Hall–Kier alpha value is -0.610. The fourth-order valence-electron chi connectivity index (χ4n) is 2.16. The first-order chi connectivity index (χ1) is 9.81. The Morgan fingerprint density at radius 3 is 2.10 bits per heavy atom. The summed E-state index contributed by atoms with van der Waals surface area (Å²) in [4.78, 5) is 2.90. The number of thiocarbonyl (C=S) groups is 1. The van der Waals surface area contributed by atoms with Gasteiger partial charge < -0.3 is 10.6 Å². The molecule has 1 aromatic rings. The van der Waals surface area contributed by atoms with Gasteiger partial charge in [0.2, 0.25) is 0 Å². The molecule has 0 aromatic heterocycles. The van der Waals surface area contributed by atoms with E-state index in [1.165, 1.54) is 12.8 Å². The van der Waals surface area contributed by atoms with Gasteiger partial charge in [-0.2, -0.15) is 0 Å². The Kier molecular flexibility index (Phi) is 7.67. The molecule has 0 aliphatic rings. The van der Waals surface area contributed by atoms with Gasteiger partial charge in [0.1, 0.15) is 4.99 Å². The van der Waals surface area contributed by atoms with E-state index in [-0.39, 0.29) is 0 Å². The predicted octanol–water partition coefficient (Wildman–Crippen LogP) is 4.98.